The fraction of sp³-hybridized carbons (Fsp3) is 0.143. The van der Waals surface area contributed by atoms with Crippen LogP contribution in [0.25, 0.3) is 0 Å². The van der Waals surface area contributed by atoms with Crippen LogP contribution in [0.2, 0.25) is 0 Å². The van der Waals surface area contributed by atoms with Gasteiger partial charge in [-0.25, -0.2) is 9.55 Å². The number of nitrogens with two attached hydrogens (primary N) is 2. The number of carbonyl (C=O) groups excluding carboxylic acids is 1. The Labute approximate surface area is 143 Å². The molecule has 2 rings (SSSR count). The molecule has 11 heteroatoms. The second-order valence-corrected chi connectivity index (χ2v) is 6.70. The number of para-hydroxylation sites is 1. The van der Waals surface area contributed by atoms with Crippen LogP contribution in [0.5, 0.6) is 5.75 Å². The molecule has 0 spiro atoms. The summed E-state index contributed by atoms with van der Waals surface area (Å²) in [6.45, 7) is 0.892. The molecule has 25 heavy (non-hydrogen) atoms. The summed E-state index contributed by atoms with van der Waals surface area (Å²) in [7, 11) is -3.73. The monoisotopic (exact) mass is 364 g/mol. The third-order valence-corrected chi connectivity index (χ3v) is 3.29. The molecule has 1 amide bonds. The lowest BCUT2D eigenvalue weighted by Crippen LogP contribution is -2.22. The summed E-state index contributed by atoms with van der Waals surface area (Å²) in [5, 5.41) is 10.4. The van der Waals surface area contributed by atoms with E-state index in [1.54, 1.807) is 18.2 Å². The van der Waals surface area contributed by atoms with Gasteiger partial charge in [-0.05, 0) is 24.3 Å². The van der Waals surface area contributed by atoms with Crippen LogP contribution in [0.1, 0.15) is 0 Å². The molecule has 1 aromatic heterocycles. The second kappa shape index (κ2) is 7.84. The number of pyridine rings is 1. The van der Waals surface area contributed by atoms with Crippen LogP contribution in [-0.4, -0.2) is 29.0 Å². The quantitative estimate of drug-likeness (QED) is 0.450. The molecule has 0 radical (unpaired) electrons. The first-order valence-electron chi connectivity index (χ1n) is 7.05. The van der Waals surface area contributed by atoms with Gasteiger partial charge >= 0.3 is 7.60 Å². The predicted molar refractivity (Wildman–Crippen MR) is 93.3 cm³/mol. The van der Waals surface area contributed by atoms with Crippen molar-refractivity contribution in [3.63, 3.8) is 0 Å². The van der Waals surface area contributed by atoms with Crippen molar-refractivity contribution in [2.24, 2.45) is 16.0 Å². The first kappa shape index (κ1) is 18.5. The van der Waals surface area contributed by atoms with Gasteiger partial charge < -0.3 is 26.2 Å². The largest absolute Gasteiger partial charge is 0.422 e. The number of benzene rings is 1. The minimum Gasteiger partial charge on any atom is -0.422 e. The van der Waals surface area contributed by atoms with E-state index in [4.69, 9.17) is 16.0 Å². The number of carbonyl (C=O) groups is 1. The van der Waals surface area contributed by atoms with E-state index in [1.165, 1.54) is 18.2 Å². The van der Waals surface area contributed by atoms with Gasteiger partial charge in [0, 0.05) is 6.66 Å². The highest BCUT2D eigenvalue weighted by molar-refractivity contribution is 7.52. The molecule has 0 bridgehead atoms. The number of nitrogens with one attached hydrogen (secondary N) is 1. The van der Waals surface area contributed by atoms with E-state index in [1.807, 2.05) is 0 Å². The smallest absolute Gasteiger partial charge is 0.373 e. The minimum absolute atomic E-state index is 0.0419. The minimum atomic E-state index is -3.73. The molecular weight excluding hydrogens is 347 g/mol. The van der Waals surface area contributed by atoms with Gasteiger partial charge in [0.2, 0.25) is 5.91 Å². The van der Waals surface area contributed by atoms with Crippen molar-refractivity contribution < 1.29 is 18.8 Å². The van der Waals surface area contributed by atoms with Gasteiger partial charge in [0.05, 0.1) is 6.54 Å². The van der Waals surface area contributed by atoms with Gasteiger partial charge in [-0.2, -0.15) is 0 Å². The molecule has 1 aromatic carbocycles. The highest BCUT2D eigenvalue weighted by Crippen LogP contribution is 2.42. The van der Waals surface area contributed by atoms with E-state index < -0.39 is 13.5 Å². The molecule has 10 nitrogen and oxygen atoms in total. The maximum absolute atomic E-state index is 11.4. The number of rotatable bonds is 6. The molecule has 0 aliphatic rings. The molecule has 0 aliphatic carbocycles. The Hall–Kier alpha value is -2.81. The van der Waals surface area contributed by atoms with Crippen molar-refractivity contribution in [1.29, 1.82) is 0 Å². The molecule has 6 N–H and O–H groups in total. The summed E-state index contributed by atoms with van der Waals surface area (Å²) >= 11 is 0. The van der Waals surface area contributed by atoms with Gasteiger partial charge in [0.1, 0.15) is 17.2 Å². The normalized spacial score (nSPS) is 13.4. The summed E-state index contributed by atoms with van der Waals surface area (Å²) in [6, 6.07) is 9.37. The van der Waals surface area contributed by atoms with Crippen molar-refractivity contribution in [2.45, 2.75) is 0 Å². The van der Waals surface area contributed by atoms with E-state index in [-0.39, 0.29) is 35.3 Å². The Morgan fingerprint density at radius 2 is 1.96 bits per heavy atom. The number of nitrogens with zero attached hydrogens (tertiary/aromatic N) is 3. The Bertz CT molecular complexity index is 851. The number of aromatic nitrogens is 1. The summed E-state index contributed by atoms with van der Waals surface area (Å²) in [6.07, 6.45) is 0. The van der Waals surface area contributed by atoms with Gasteiger partial charge in [0.25, 0.3) is 0 Å². The molecule has 0 aliphatic heterocycles. The maximum Gasteiger partial charge on any atom is 0.373 e. The van der Waals surface area contributed by atoms with E-state index in [0.717, 1.165) is 6.66 Å². The molecule has 2 aromatic rings. The molecular formula is C14H17N6O4P. The Balaban J connectivity index is 2.22. The number of azo groups is 1. The van der Waals surface area contributed by atoms with Gasteiger partial charge in [0.15, 0.2) is 11.6 Å². The molecule has 1 atom stereocenters. The molecule has 0 saturated heterocycles. The average molecular weight is 364 g/mol. The van der Waals surface area contributed by atoms with Gasteiger partial charge in [-0.3, -0.25) is 4.79 Å². The standard InChI is InChI=1S/C14H17N6O4P/c1-25(22,23)24-11-5-3-2-4-9(11)19-20-10-6-7-12(18-14(10)16)17-13(21)8-15/h2-7H,8,15H2,1H3,(H,22,23)(H3,16,17,18,21). The zero-order valence-electron chi connectivity index (χ0n) is 13.3. The van der Waals surface area contributed by atoms with E-state index in [9.17, 15) is 14.3 Å². The lowest BCUT2D eigenvalue weighted by Gasteiger charge is -2.10. The van der Waals surface area contributed by atoms with Crippen molar-refractivity contribution in [2.75, 3.05) is 24.3 Å². The van der Waals surface area contributed by atoms with Crippen LogP contribution < -0.4 is 21.3 Å². The topological polar surface area (TPSA) is 165 Å². The highest BCUT2D eigenvalue weighted by Gasteiger charge is 2.14. The van der Waals surface area contributed by atoms with Crippen molar-refractivity contribution in [1.82, 2.24) is 4.98 Å². The Morgan fingerprint density at radius 3 is 2.60 bits per heavy atom. The Morgan fingerprint density at radius 1 is 1.28 bits per heavy atom. The van der Waals surface area contributed by atoms with E-state index in [0.29, 0.717) is 0 Å². The average Bonchev–Trinajstić information content (AvgIpc) is 2.54. The van der Waals surface area contributed by atoms with Crippen LogP contribution in [0.15, 0.2) is 46.6 Å². The van der Waals surface area contributed by atoms with Crippen molar-refractivity contribution in [3.05, 3.63) is 36.4 Å². The second-order valence-electron chi connectivity index (χ2n) is 4.92. The molecule has 1 unspecified atom stereocenters. The molecule has 132 valence electrons. The van der Waals surface area contributed by atoms with Crippen LogP contribution in [0.3, 0.4) is 0 Å². The summed E-state index contributed by atoms with van der Waals surface area (Å²) < 4.78 is 16.4. The predicted octanol–water partition coefficient (Wildman–Crippen LogP) is 2.17. The Kier molecular flexibility index (Phi) is 5.81. The number of nitrogen functional groups attached to an aromatic ring is 1. The molecule has 1 heterocycles. The fourth-order valence-electron chi connectivity index (χ4n) is 1.72. The highest BCUT2D eigenvalue weighted by atomic mass is 31.2. The lowest BCUT2D eigenvalue weighted by molar-refractivity contribution is -0.114. The first-order valence-corrected chi connectivity index (χ1v) is 9.08. The summed E-state index contributed by atoms with van der Waals surface area (Å²) in [5.74, 6) is -0.0126. The van der Waals surface area contributed by atoms with E-state index >= 15 is 0 Å². The lowest BCUT2D eigenvalue weighted by atomic mass is 10.3. The first-order chi connectivity index (χ1) is 11.8. The van der Waals surface area contributed by atoms with Gasteiger partial charge in [-0.1, -0.05) is 12.1 Å². The third-order valence-electron chi connectivity index (χ3n) is 2.75. The van der Waals surface area contributed by atoms with Crippen LogP contribution in [-0.2, 0) is 9.36 Å². The fourth-order valence-corrected chi connectivity index (χ4v) is 2.24. The molecule has 0 saturated carbocycles. The van der Waals surface area contributed by atoms with Gasteiger partial charge in [-0.15, -0.1) is 10.2 Å². The number of hydrogen-bond acceptors (Lipinski definition) is 8. The number of amides is 1. The molecule has 0 fully saturated rings. The number of hydrogen-bond donors (Lipinski definition) is 4. The van der Waals surface area contributed by atoms with Crippen molar-refractivity contribution >= 4 is 36.5 Å². The van der Waals surface area contributed by atoms with Crippen molar-refractivity contribution in [3.8, 4) is 5.75 Å². The zero-order valence-corrected chi connectivity index (χ0v) is 14.2. The maximum atomic E-state index is 11.4. The van der Waals surface area contributed by atoms with E-state index in [2.05, 4.69) is 20.5 Å². The SMILES string of the molecule is CP(=O)(O)Oc1ccccc1N=Nc1ccc(NC(=O)CN)nc1N. The number of anilines is 2. The van der Waals surface area contributed by atoms with Crippen LogP contribution in [0.4, 0.5) is 23.0 Å². The summed E-state index contributed by atoms with van der Waals surface area (Å²) in [4.78, 5) is 24.5. The van der Waals surface area contributed by atoms with Crippen LogP contribution >= 0.6 is 7.60 Å². The van der Waals surface area contributed by atoms with Crippen LogP contribution in [0, 0.1) is 0 Å². The zero-order chi connectivity index (χ0) is 18.4. The summed E-state index contributed by atoms with van der Waals surface area (Å²) in [5.41, 5.74) is 11.5. The third kappa shape index (κ3) is 5.64.